The van der Waals surface area contributed by atoms with Crippen LogP contribution < -0.4 is 0 Å². The molecule has 15 heavy (non-hydrogen) atoms. The van der Waals surface area contributed by atoms with Gasteiger partial charge >= 0.3 is 5.97 Å². The lowest BCUT2D eigenvalue weighted by atomic mass is 9.89. The highest BCUT2D eigenvalue weighted by Gasteiger charge is 2.36. The highest BCUT2D eigenvalue weighted by atomic mass is 28.2. The van der Waals surface area contributed by atoms with Crippen molar-refractivity contribution in [2.24, 2.45) is 0 Å². The van der Waals surface area contributed by atoms with Gasteiger partial charge in [-0.25, -0.2) is 4.79 Å². The van der Waals surface area contributed by atoms with Crippen LogP contribution in [0.1, 0.15) is 40.0 Å². The Labute approximate surface area is 95.4 Å². The maximum absolute atomic E-state index is 11.2. The number of esters is 1. The van der Waals surface area contributed by atoms with Crippen molar-refractivity contribution in [1.29, 1.82) is 0 Å². The summed E-state index contributed by atoms with van der Waals surface area (Å²) >= 11 is 0. The molecule has 1 unspecified atom stereocenters. The smallest absolute Gasteiger partial charge is 0.330 e. The van der Waals surface area contributed by atoms with E-state index in [0.717, 1.165) is 19.3 Å². The summed E-state index contributed by atoms with van der Waals surface area (Å²) in [6.45, 7) is 9.53. The average Bonchev–Trinajstić information content (AvgIpc) is 2.29. The highest BCUT2D eigenvalue weighted by molar-refractivity contribution is 5.98. The van der Waals surface area contributed by atoms with Gasteiger partial charge in [0.15, 0.2) is 0 Å². The molecule has 0 aromatic rings. The third kappa shape index (κ3) is 3.46. The third-order valence-electron chi connectivity index (χ3n) is 2.99. The second-order valence-corrected chi connectivity index (χ2v) is 3.92. The normalized spacial score (nSPS) is 13.5. The van der Waals surface area contributed by atoms with Crippen molar-refractivity contribution in [3.63, 3.8) is 0 Å². The topological polar surface area (TPSA) is 35.5 Å². The van der Waals surface area contributed by atoms with E-state index >= 15 is 0 Å². The zero-order valence-corrected chi connectivity index (χ0v) is 12.2. The van der Waals surface area contributed by atoms with Crippen molar-refractivity contribution in [3.05, 3.63) is 12.7 Å². The van der Waals surface area contributed by atoms with Crippen molar-refractivity contribution in [1.82, 2.24) is 0 Å². The fourth-order valence-corrected chi connectivity index (χ4v) is 2.72. The molecule has 3 nitrogen and oxygen atoms in total. The summed E-state index contributed by atoms with van der Waals surface area (Å²) < 4.78 is 11.0. The Morgan fingerprint density at radius 2 is 2.00 bits per heavy atom. The number of carbonyl (C=O) groups excluding carboxylic acids is 1. The molecule has 0 aromatic heterocycles. The van der Waals surface area contributed by atoms with Crippen LogP contribution in [-0.4, -0.2) is 28.2 Å². The predicted octanol–water partition coefficient (Wildman–Crippen LogP) is 1.35. The second-order valence-electron chi connectivity index (χ2n) is 3.51. The Morgan fingerprint density at radius 1 is 1.47 bits per heavy atom. The quantitative estimate of drug-likeness (QED) is 0.376. The van der Waals surface area contributed by atoms with Gasteiger partial charge in [-0.15, -0.1) is 0 Å². The molecule has 0 saturated carbocycles. The van der Waals surface area contributed by atoms with E-state index in [-0.39, 0.29) is 17.7 Å². The Kier molecular flexibility index (Phi) is 6.52. The fourth-order valence-electron chi connectivity index (χ4n) is 1.88. The average molecular weight is 230 g/mol. The number of hydrogen-bond acceptors (Lipinski definition) is 3. The van der Waals surface area contributed by atoms with Crippen LogP contribution in [0.4, 0.5) is 0 Å². The van der Waals surface area contributed by atoms with Crippen LogP contribution in [0.2, 0.25) is 0 Å². The van der Waals surface area contributed by atoms with Gasteiger partial charge in [-0.3, -0.25) is 0 Å². The summed E-state index contributed by atoms with van der Waals surface area (Å²) in [7, 11) is 0.653. The van der Waals surface area contributed by atoms with E-state index in [1.165, 1.54) is 6.08 Å². The largest absolute Gasteiger partial charge is 0.456 e. The lowest BCUT2D eigenvalue weighted by Crippen LogP contribution is -2.45. The number of rotatable bonds is 7. The van der Waals surface area contributed by atoms with Crippen molar-refractivity contribution >= 4 is 16.5 Å². The minimum absolute atomic E-state index is 0.171. The monoisotopic (exact) mass is 230 g/mol. The van der Waals surface area contributed by atoms with Gasteiger partial charge < -0.3 is 9.16 Å². The molecule has 1 atom stereocenters. The molecule has 0 saturated heterocycles. The summed E-state index contributed by atoms with van der Waals surface area (Å²) in [5.74, 6) is -0.369. The first kappa shape index (κ1) is 14.4. The van der Waals surface area contributed by atoms with Gasteiger partial charge in [-0.05, 0) is 19.3 Å². The molecular formula is C11H22O3Si. The predicted molar refractivity (Wildman–Crippen MR) is 64.7 cm³/mol. The molecule has 0 bridgehead atoms. The van der Waals surface area contributed by atoms with E-state index in [1.54, 1.807) is 0 Å². The van der Waals surface area contributed by atoms with E-state index in [1.807, 2.05) is 6.92 Å². The van der Waals surface area contributed by atoms with Gasteiger partial charge in [0.25, 0.3) is 0 Å². The summed E-state index contributed by atoms with van der Waals surface area (Å²) in [5.41, 5.74) is -0.306. The Hall–Kier alpha value is -0.613. The Bertz CT molecular complexity index is 204. The molecule has 0 radical (unpaired) electrons. The van der Waals surface area contributed by atoms with Gasteiger partial charge in [-0.1, -0.05) is 27.4 Å². The van der Waals surface area contributed by atoms with Gasteiger partial charge in [-0.2, -0.15) is 0 Å². The van der Waals surface area contributed by atoms with E-state index in [0.29, 0.717) is 10.5 Å². The first-order valence-electron chi connectivity index (χ1n) is 5.48. The Morgan fingerprint density at radius 3 is 2.27 bits per heavy atom. The third-order valence-corrected chi connectivity index (χ3v) is 3.80. The summed E-state index contributed by atoms with van der Waals surface area (Å²) in [4.78, 5) is 11.2. The minimum atomic E-state index is -0.369. The molecule has 0 aliphatic carbocycles. The SMILES string of the molecule is C=CC(=O)OC(CC)C(CC)(CC)O[SiH3]. The van der Waals surface area contributed by atoms with Crippen LogP contribution in [-0.2, 0) is 14.0 Å². The molecule has 4 heteroatoms. The molecular weight excluding hydrogens is 208 g/mol. The molecule has 0 aliphatic heterocycles. The second kappa shape index (κ2) is 6.79. The summed E-state index contributed by atoms with van der Waals surface area (Å²) in [5, 5.41) is 0. The summed E-state index contributed by atoms with van der Waals surface area (Å²) in [6.07, 6.45) is 3.51. The van der Waals surface area contributed by atoms with Crippen molar-refractivity contribution in [3.8, 4) is 0 Å². The lowest BCUT2D eigenvalue weighted by molar-refractivity contribution is -0.157. The van der Waals surface area contributed by atoms with Gasteiger partial charge in [0.1, 0.15) is 16.6 Å². The minimum Gasteiger partial charge on any atom is -0.456 e. The van der Waals surface area contributed by atoms with Crippen LogP contribution in [0.25, 0.3) is 0 Å². The zero-order valence-electron chi connectivity index (χ0n) is 10.2. The molecule has 88 valence electrons. The summed E-state index contributed by atoms with van der Waals surface area (Å²) in [6, 6.07) is 0. The first-order valence-corrected chi connectivity index (χ1v) is 6.30. The lowest BCUT2D eigenvalue weighted by Gasteiger charge is -2.37. The van der Waals surface area contributed by atoms with Gasteiger partial charge in [0.05, 0.1) is 5.60 Å². The van der Waals surface area contributed by atoms with E-state index in [4.69, 9.17) is 9.16 Å². The molecule has 0 rings (SSSR count). The van der Waals surface area contributed by atoms with Crippen molar-refractivity contribution < 1.29 is 14.0 Å². The standard InChI is InChI=1S/C11H22O3Si/c1-5-9(13-10(12)6-2)11(7-3,8-4)14-15/h6,9H,2,5,7-8H2,1,3-4,15H3. The molecule has 0 aromatic carbocycles. The van der Waals surface area contributed by atoms with Gasteiger partial charge in [0, 0.05) is 6.08 Å². The molecule has 0 amide bonds. The van der Waals surface area contributed by atoms with E-state index < -0.39 is 0 Å². The van der Waals surface area contributed by atoms with E-state index in [9.17, 15) is 4.79 Å². The number of carbonyl (C=O) groups is 1. The molecule has 0 fully saturated rings. The molecule has 0 N–H and O–H groups in total. The van der Waals surface area contributed by atoms with E-state index in [2.05, 4.69) is 20.4 Å². The molecule has 0 aliphatic rings. The first-order chi connectivity index (χ1) is 7.10. The molecule has 0 spiro atoms. The van der Waals surface area contributed by atoms with Crippen molar-refractivity contribution in [2.45, 2.75) is 51.7 Å². The highest BCUT2D eigenvalue weighted by Crippen LogP contribution is 2.28. The van der Waals surface area contributed by atoms with Crippen LogP contribution in [0.15, 0.2) is 12.7 Å². The molecule has 0 heterocycles. The van der Waals surface area contributed by atoms with Crippen LogP contribution in [0.3, 0.4) is 0 Å². The number of hydrogen-bond donors (Lipinski definition) is 0. The van der Waals surface area contributed by atoms with Gasteiger partial charge in [0.2, 0.25) is 0 Å². The fraction of sp³-hybridized carbons (Fsp3) is 0.727. The van der Waals surface area contributed by atoms with Crippen LogP contribution in [0.5, 0.6) is 0 Å². The maximum atomic E-state index is 11.2. The number of ether oxygens (including phenoxy) is 1. The Balaban J connectivity index is 4.73. The van der Waals surface area contributed by atoms with Crippen LogP contribution >= 0.6 is 0 Å². The maximum Gasteiger partial charge on any atom is 0.330 e. The zero-order chi connectivity index (χ0) is 11.9. The van der Waals surface area contributed by atoms with Crippen molar-refractivity contribution in [2.75, 3.05) is 0 Å². The van der Waals surface area contributed by atoms with Crippen LogP contribution in [0, 0.1) is 0 Å².